The molecule has 0 bridgehead atoms. The zero-order valence-corrected chi connectivity index (χ0v) is 17.5. The topological polar surface area (TPSA) is 73.9 Å². The molecule has 2 aromatic rings. The number of carbonyl (C=O) groups excluding carboxylic acids is 2. The molecule has 1 amide bonds. The molecule has 9 heteroatoms. The van der Waals surface area contributed by atoms with E-state index < -0.39 is 28.2 Å². The molecule has 154 valence electrons. The van der Waals surface area contributed by atoms with Gasteiger partial charge in [-0.15, -0.1) is 11.8 Å². The van der Waals surface area contributed by atoms with Gasteiger partial charge in [-0.05, 0) is 23.8 Å². The first-order valence-electron chi connectivity index (χ1n) is 8.62. The Labute approximate surface area is 176 Å². The van der Waals surface area contributed by atoms with Gasteiger partial charge in [0.25, 0.3) is 0 Å². The predicted molar refractivity (Wildman–Crippen MR) is 109 cm³/mol. The number of halogens is 2. The van der Waals surface area contributed by atoms with E-state index >= 15 is 0 Å². The lowest BCUT2D eigenvalue weighted by Gasteiger charge is -2.23. The molecule has 0 aliphatic carbocycles. The Hall–Kier alpha value is -2.45. The van der Waals surface area contributed by atoms with Crippen LogP contribution in [0.1, 0.15) is 22.8 Å². The minimum absolute atomic E-state index is 0.0224. The fourth-order valence-corrected chi connectivity index (χ4v) is 4.79. The zero-order valence-electron chi connectivity index (χ0n) is 16.0. The minimum atomic E-state index is -0.811. The van der Waals surface area contributed by atoms with Crippen LogP contribution in [0.2, 0.25) is 5.02 Å². The third-order valence-corrected chi connectivity index (χ3v) is 6.21. The molecule has 6 nitrogen and oxygen atoms in total. The molecule has 0 saturated carbocycles. The third kappa shape index (κ3) is 4.28. The molecule has 0 unspecified atom stereocenters. The molecule has 0 aromatic heterocycles. The first kappa shape index (κ1) is 21.3. The lowest BCUT2D eigenvalue weighted by molar-refractivity contribution is -0.141. The molecular formula is C20H19ClFNO5S. The van der Waals surface area contributed by atoms with Gasteiger partial charge in [-0.25, -0.2) is 4.39 Å². The first-order chi connectivity index (χ1) is 13.9. The summed E-state index contributed by atoms with van der Waals surface area (Å²) >= 11 is 7.30. The lowest BCUT2D eigenvalue weighted by Crippen LogP contribution is -2.27. The highest BCUT2D eigenvalue weighted by Crippen LogP contribution is 2.50. The highest BCUT2D eigenvalue weighted by molar-refractivity contribution is 8.01. The van der Waals surface area contributed by atoms with E-state index in [1.54, 1.807) is 24.3 Å². The summed E-state index contributed by atoms with van der Waals surface area (Å²) in [5.74, 6) is -0.759. The van der Waals surface area contributed by atoms with Gasteiger partial charge in [-0.1, -0.05) is 23.7 Å². The zero-order chi connectivity index (χ0) is 21.1. The molecule has 0 radical (unpaired) electrons. The maximum atomic E-state index is 14.7. The Bertz CT molecular complexity index is 955. The van der Waals surface area contributed by atoms with Crippen molar-refractivity contribution < 1.29 is 28.2 Å². The van der Waals surface area contributed by atoms with Crippen molar-refractivity contribution in [1.29, 1.82) is 0 Å². The predicted octanol–water partition coefficient (Wildman–Crippen LogP) is 4.20. The van der Waals surface area contributed by atoms with Crippen molar-refractivity contribution in [2.24, 2.45) is 0 Å². The van der Waals surface area contributed by atoms with E-state index in [9.17, 15) is 14.0 Å². The summed E-state index contributed by atoms with van der Waals surface area (Å²) < 4.78 is 30.3. The van der Waals surface area contributed by atoms with Gasteiger partial charge in [-0.3, -0.25) is 9.59 Å². The molecule has 29 heavy (non-hydrogen) atoms. The normalized spacial score (nSPS) is 18.3. The highest BCUT2D eigenvalue weighted by atomic mass is 35.5. The van der Waals surface area contributed by atoms with Crippen molar-refractivity contribution in [3.05, 3.63) is 52.3 Å². The summed E-state index contributed by atoms with van der Waals surface area (Å²) in [6, 6.07) is 8.03. The number of amides is 1. The van der Waals surface area contributed by atoms with Crippen molar-refractivity contribution in [2.75, 3.05) is 26.6 Å². The van der Waals surface area contributed by atoms with Crippen LogP contribution in [0.5, 0.6) is 11.5 Å². The molecule has 2 aromatic carbocycles. The number of thioether (sulfide) groups is 1. The van der Waals surface area contributed by atoms with Gasteiger partial charge >= 0.3 is 5.97 Å². The molecule has 0 spiro atoms. The van der Waals surface area contributed by atoms with Gasteiger partial charge in [0.05, 0.1) is 43.9 Å². The standard InChI is InChI=1S/C20H19ClFNO5S/c1-26-14-6-4-5-11(18(14)28-3)19-12-7-10(21)8-13(22)17(12)23-20(25)15(29-19)9-16(24)27-2/h4-8,15,19H,9H2,1-3H3,(H,23,25)/t15-,19-/m0/s1. The van der Waals surface area contributed by atoms with Crippen LogP contribution in [0, 0.1) is 5.82 Å². The number of rotatable bonds is 5. The molecule has 0 saturated heterocycles. The Kier molecular flexibility index (Phi) is 6.54. The number of ether oxygens (including phenoxy) is 3. The van der Waals surface area contributed by atoms with E-state index in [1.165, 1.54) is 33.1 Å². The van der Waals surface area contributed by atoms with Crippen LogP contribution in [0.3, 0.4) is 0 Å². The minimum Gasteiger partial charge on any atom is -0.493 e. The van der Waals surface area contributed by atoms with Gasteiger partial charge < -0.3 is 19.5 Å². The number of nitrogens with one attached hydrogen (secondary N) is 1. The quantitative estimate of drug-likeness (QED) is 0.704. The molecular weight excluding hydrogens is 421 g/mol. The second-order valence-electron chi connectivity index (χ2n) is 6.21. The maximum Gasteiger partial charge on any atom is 0.307 e. The number of hydrogen-bond donors (Lipinski definition) is 1. The van der Waals surface area contributed by atoms with E-state index in [2.05, 4.69) is 5.32 Å². The number of benzene rings is 2. The van der Waals surface area contributed by atoms with Crippen molar-refractivity contribution in [2.45, 2.75) is 16.9 Å². The number of fused-ring (bicyclic) bond motifs is 1. The van der Waals surface area contributed by atoms with Gasteiger partial charge in [0, 0.05) is 10.6 Å². The summed E-state index contributed by atoms with van der Waals surface area (Å²) in [6.07, 6.45) is -0.168. The second kappa shape index (κ2) is 8.92. The summed E-state index contributed by atoms with van der Waals surface area (Å²) in [5.41, 5.74) is 1.15. The van der Waals surface area contributed by atoms with Gasteiger partial charge in [0.1, 0.15) is 5.82 Å². The van der Waals surface area contributed by atoms with E-state index in [-0.39, 0.29) is 17.1 Å². The molecule has 1 N–H and O–H groups in total. The second-order valence-corrected chi connectivity index (χ2v) is 7.96. The van der Waals surface area contributed by atoms with Gasteiger partial charge in [0.2, 0.25) is 5.91 Å². The van der Waals surface area contributed by atoms with Crippen LogP contribution in [0.15, 0.2) is 30.3 Å². The SMILES string of the molecule is COC(=O)C[C@@H]1S[C@@H](c2cccc(OC)c2OC)c2cc(Cl)cc(F)c2NC1=O. The largest absolute Gasteiger partial charge is 0.493 e. The molecule has 1 heterocycles. The molecule has 1 aliphatic heterocycles. The maximum absolute atomic E-state index is 14.7. The van der Waals surface area contributed by atoms with Crippen LogP contribution in [0.25, 0.3) is 0 Å². The Morgan fingerprint density at radius 2 is 1.97 bits per heavy atom. The molecule has 2 atom stereocenters. The third-order valence-electron chi connectivity index (χ3n) is 4.50. The summed E-state index contributed by atoms with van der Waals surface area (Å²) in [6.45, 7) is 0. The number of anilines is 1. The molecule has 0 fully saturated rings. The monoisotopic (exact) mass is 439 g/mol. The van der Waals surface area contributed by atoms with Crippen LogP contribution in [-0.4, -0.2) is 38.5 Å². The average molecular weight is 440 g/mol. The lowest BCUT2D eigenvalue weighted by atomic mass is 10.0. The number of para-hydroxylation sites is 1. The summed E-state index contributed by atoms with van der Waals surface area (Å²) in [4.78, 5) is 24.6. The van der Waals surface area contributed by atoms with Crippen molar-refractivity contribution >= 4 is 40.9 Å². The molecule has 3 rings (SSSR count). The van der Waals surface area contributed by atoms with Crippen LogP contribution < -0.4 is 14.8 Å². The van der Waals surface area contributed by atoms with Crippen molar-refractivity contribution in [1.82, 2.24) is 0 Å². The summed E-state index contributed by atoms with van der Waals surface area (Å²) in [5, 5.41) is 1.41. The van der Waals surface area contributed by atoms with Crippen LogP contribution >= 0.6 is 23.4 Å². The Morgan fingerprint density at radius 1 is 1.21 bits per heavy atom. The fourth-order valence-electron chi connectivity index (χ4n) is 3.17. The van der Waals surface area contributed by atoms with E-state index in [0.29, 0.717) is 22.6 Å². The first-order valence-corrected chi connectivity index (χ1v) is 9.94. The van der Waals surface area contributed by atoms with E-state index in [0.717, 1.165) is 6.07 Å². The van der Waals surface area contributed by atoms with Crippen molar-refractivity contribution in [3.63, 3.8) is 0 Å². The van der Waals surface area contributed by atoms with E-state index in [4.69, 9.17) is 25.8 Å². The molecule has 1 aliphatic rings. The number of carbonyl (C=O) groups is 2. The fraction of sp³-hybridized carbons (Fsp3) is 0.300. The van der Waals surface area contributed by atoms with Crippen molar-refractivity contribution in [3.8, 4) is 11.5 Å². The van der Waals surface area contributed by atoms with Gasteiger partial charge in [0.15, 0.2) is 11.5 Å². The van der Waals surface area contributed by atoms with Crippen LogP contribution in [-0.2, 0) is 14.3 Å². The van der Waals surface area contributed by atoms with Gasteiger partial charge in [-0.2, -0.15) is 0 Å². The number of esters is 1. The van der Waals surface area contributed by atoms with Crippen LogP contribution in [0.4, 0.5) is 10.1 Å². The Morgan fingerprint density at radius 3 is 2.62 bits per heavy atom. The smallest absolute Gasteiger partial charge is 0.307 e. The average Bonchev–Trinajstić information content (AvgIpc) is 2.84. The summed E-state index contributed by atoms with van der Waals surface area (Å²) in [7, 11) is 4.26. The highest BCUT2D eigenvalue weighted by Gasteiger charge is 2.36. The number of methoxy groups -OCH3 is 3. The number of hydrogen-bond acceptors (Lipinski definition) is 6. The Balaban J connectivity index is 2.20. The van der Waals surface area contributed by atoms with E-state index in [1.807, 2.05) is 0 Å².